The SMILES string of the molecule is CCN(C(=O)C(C)(C)CC)c1ccc(C(=O)O)cc1N. The molecule has 0 heterocycles. The molecule has 0 fully saturated rings. The Labute approximate surface area is 119 Å². The largest absolute Gasteiger partial charge is 0.478 e. The number of benzene rings is 1. The van der Waals surface area contributed by atoms with Gasteiger partial charge in [0.1, 0.15) is 0 Å². The Kier molecular flexibility index (Phi) is 4.76. The number of anilines is 2. The number of nitrogens with zero attached hydrogens (tertiary/aromatic N) is 1. The molecule has 0 aromatic heterocycles. The summed E-state index contributed by atoms with van der Waals surface area (Å²) < 4.78 is 0. The van der Waals surface area contributed by atoms with Crippen molar-refractivity contribution in [3.8, 4) is 0 Å². The molecule has 0 bridgehead atoms. The van der Waals surface area contributed by atoms with Crippen LogP contribution in [0.25, 0.3) is 0 Å². The lowest BCUT2D eigenvalue weighted by molar-refractivity contribution is -0.126. The van der Waals surface area contributed by atoms with Crippen LogP contribution >= 0.6 is 0 Å². The van der Waals surface area contributed by atoms with E-state index in [9.17, 15) is 9.59 Å². The molecule has 5 nitrogen and oxygen atoms in total. The molecule has 20 heavy (non-hydrogen) atoms. The molecule has 0 saturated heterocycles. The van der Waals surface area contributed by atoms with Crippen LogP contribution in [0.15, 0.2) is 18.2 Å². The minimum atomic E-state index is -1.04. The van der Waals surface area contributed by atoms with Gasteiger partial charge in [0.15, 0.2) is 0 Å². The zero-order valence-electron chi connectivity index (χ0n) is 12.4. The Morgan fingerprint density at radius 3 is 2.30 bits per heavy atom. The van der Waals surface area contributed by atoms with Crippen LogP contribution in [0, 0.1) is 5.41 Å². The lowest BCUT2D eigenvalue weighted by Crippen LogP contribution is -2.41. The molecule has 5 heteroatoms. The van der Waals surface area contributed by atoms with Gasteiger partial charge >= 0.3 is 5.97 Å². The second kappa shape index (κ2) is 5.94. The third kappa shape index (κ3) is 3.10. The number of hydrogen-bond acceptors (Lipinski definition) is 3. The van der Waals surface area contributed by atoms with Crippen LogP contribution in [0.1, 0.15) is 44.5 Å². The Morgan fingerprint density at radius 2 is 1.90 bits per heavy atom. The summed E-state index contributed by atoms with van der Waals surface area (Å²) >= 11 is 0. The summed E-state index contributed by atoms with van der Waals surface area (Å²) in [6.45, 7) is 8.09. The molecular formula is C15H22N2O3. The van der Waals surface area contributed by atoms with Crippen LogP contribution in [-0.4, -0.2) is 23.5 Å². The minimum absolute atomic E-state index is 0.0164. The maximum absolute atomic E-state index is 12.6. The van der Waals surface area contributed by atoms with Gasteiger partial charge in [-0.2, -0.15) is 0 Å². The predicted molar refractivity (Wildman–Crippen MR) is 79.9 cm³/mol. The van der Waals surface area contributed by atoms with Crippen molar-refractivity contribution in [2.45, 2.75) is 34.1 Å². The highest BCUT2D eigenvalue weighted by Crippen LogP contribution is 2.30. The van der Waals surface area contributed by atoms with Crippen LogP contribution in [0.5, 0.6) is 0 Å². The number of nitrogens with two attached hydrogens (primary N) is 1. The Hall–Kier alpha value is -2.04. The fourth-order valence-electron chi connectivity index (χ4n) is 1.87. The zero-order valence-corrected chi connectivity index (χ0v) is 12.4. The van der Waals surface area contributed by atoms with E-state index in [-0.39, 0.29) is 11.5 Å². The lowest BCUT2D eigenvalue weighted by Gasteiger charge is -2.31. The van der Waals surface area contributed by atoms with Gasteiger partial charge in [-0.3, -0.25) is 4.79 Å². The van der Waals surface area contributed by atoms with Crippen molar-refractivity contribution < 1.29 is 14.7 Å². The van der Waals surface area contributed by atoms with Gasteiger partial charge in [0.05, 0.1) is 16.9 Å². The van der Waals surface area contributed by atoms with Crippen molar-refractivity contribution in [1.82, 2.24) is 0 Å². The van der Waals surface area contributed by atoms with Gasteiger partial charge in [-0.05, 0) is 31.5 Å². The lowest BCUT2D eigenvalue weighted by atomic mass is 9.88. The van der Waals surface area contributed by atoms with Crippen molar-refractivity contribution in [1.29, 1.82) is 0 Å². The number of aromatic carboxylic acids is 1. The second-order valence-corrected chi connectivity index (χ2v) is 5.37. The Bertz CT molecular complexity index is 524. The molecule has 1 aromatic rings. The normalized spacial score (nSPS) is 11.2. The fraction of sp³-hybridized carbons (Fsp3) is 0.467. The molecule has 0 aliphatic heterocycles. The molecule has 0 aliphatic rings. The molecule has 1 amide bonds. The average molecular weight is 278 g/mol. The molecule has 0 spiro atoms. The maximum atomic E-state index is 12.6. The highest BCUT2D eigenvalue weighted by molar-refractivity contribution is 6.00. The molecular weight excluding hydrogens is 256 g/mol. The van der Waals surface area contributed by atoms with Crippen LogP contribution in [-0.2, 0) is 4.79 Å². The number of carbonyl (C=O) groups excluding carboxylic acids is 1. The second-order valence-electron chi connectivity index (χ2n) is 5.37. The van der Waals surface area contributed by atoms with Gasteiger partial charge in [0.2, 0.25) is 5.91 Å². The quantitative estimate of drug-likeness (QED) is 0.811. The molecule has 1 aromatic carbocycles. The zero-order chi connectivity index (χ0) is 15.5. The molecule has 3 N–H and O–H groups in total. The molecule has 0 saturated carbocycles. The van der Waals surface area contributed by atoms with Crippen molar-refractivity contribution >= 4 is 23.3 Å². The summed E-state index contributed by atoms with van der Waals surface area (Å²) in [5, 5.41) is 8.94. The summed E-state index contributed by atoms with van der Waals surface area (Å²) in [6.07, 6.45) is 0.718. The average Bonchev–Trinajstić information content (AvgIpc) is 2.40. The molecule has 0 atom stereocenters. The first kappa shape index (κ1) is 16.0. The first-order valence-electron chi connectivity index (χ1n) is 6.69. The number of rotatable bonds is 5. The van der Waals surface area contributed by atoms with E-state index in [0.29, 0.717) is 17.9 Å². The van der Waals surface area contributed by atoms with E-state index < -0.39 is 11.4 Å². The van der Waals surface area contributed by atoms with Crippen molar-refractivity contribution in [2.75, 3.05) is 17.2 Å². The Balaban J connectivity index is 3.20. The van der Waals surface area contributed by atoms with Crippen LogP contribution in [0.3, 0.4) is 0 Å². The standard InChI is InChI=1S/C15H22N2O3/c1-5-15(3,4)14(20)17(6-2)12-8-7-10(13(18)19)9-11(12)16/h7-9H,5-6,16H2,1-4H3,(H,18,19). The van der Waals surface area contributed by atoms with Gasteiger partial charge in [-0.25, -0.2) is 4.79 Å². The summed E-state index contributed by atoms with van der Waals surface area (Å²) in [5.41, 5.74) is 6.40. The van der Waals surface area contributed by atoms with Crippen LogP contribution in [0.4, 0.5) is 11.4 Å². The van der Waals surface area contributed by atoms with Gasteiger partial charge in [0, 0.05) is 12.0 Å². The van der Waals surface area contributed by atoms with E-state index in [1.807, 2.05) is 27.7 Å². The van der Waals surface area contributed by atoms with E-state index in [1.54, 1.807) is 11.0 Å². The molecule has 0 aliphatic carbocycles. The summed E-state index contributed by atoms with van der Waals surface area (Å²) in [5.74, 6) is -1.05. The number of nitrogen functional groups attached to an aromatic ring is 1. The smallest absolute Gasteiger partial charge is 0.335 e. The van der Waals surface area contributed by atoms with Gasteiger partial charge in [-0.15, -0.1) is 0 Å². The van der Waals surface area contributed by atoms with Crippen molar-refractivity contribution in [3.63, 3.8) is 0 Å². The van der Waals surface area contributed by atoms with Crippen molar-refractivity contribution in [3.05, 3.63) is 23.8 Å². The van der Waals surface area contributed by atoms with Gasteiger partial charge in [0.25, 0.3) is 0 Å². The van der Waals surface area contributed by atoms with Gasteiger partial charge < -0.3 is 15.7 Å². The monoisotopic (exact) mass is 278 g/mol. The number of hydrogen-bond donors (Lipinski definition) is 2. The number of carboxylic acid groups (broad SMARTS) is 1. The minimum Gasteiger partial charge on any atom is -0.478 e. The van der Waals surface area contributed by atoms with E-state index in [1.165, 1.54) is 12.1 Å². The van der Waals surface area contributed by atoms with E-state index >= 15 is 0 Å². The van der Waals surface area contributed by atoms with Crippen LogP contribution < -0.4 is 10.6 Å². The third-order valence-electron chi connectivity index (χ3n) is 3.59. The molecule has 0 unspecified atom stereocenters. The van der Waals surface area contributed by atoms with Crippen molar-refractivity contribution in [2.24, 2.45) is 5.41 Å². The van der Waals surface area contributed by atoms with Gasteiger partial charge in [-0.1, -0.05) is 20.8 Å². The highest BCUT2D eigenvalue weighted by atomic mass is 16.4. The first-order valence-corrected chi connectivity index (χ1v) is 6.69. The topological polar surface area (TPSA) is 83.6 Å². The number of carbonyl (C=O) groups is 2. The fourth-order valence-corrected chi connectivity index (χ4v) is 1.87. The first-order chi connectivity index (χ1) is 9.24. The molecule has 110 valence electrons. The Morgan fingerprint density at radius 1 is 1.30 bits per heavy atom. The van der Waals surface area contributed by atoms with E-state index in [2.05, 4.69) is 0 Å². The summed E-state index contributed by atoms with van der Waals surface area (Å²) in [6, 6.07) is 4.43. The summed E-state index contributed by atoms with van der Waals surface area (Å²) in [4.78, 5) is 25.1. The molecule has 0 radical (unpaired) electrons. The van der Waals surface area contributed by atoms with E-state index in [0.717, 1.165) is 6.42 Å². The van der Waals surface area contributed by atoms with Crippen LogP contribution in [0.2, 0.25) is 0 Å². The molecule has 1 rings (SSSR count). The summed E-state index contributed by atoms with van der Waals surface area (Å²) in [7, 11) is 0. The predicted octanol–water partition coefficient (Wildman–Crippen LogP) is 2.76. The highest BCUT2D eigenvalue weighted by Gasteiger charge is 2.31. The maximum Gasteiger partial charge on any atom is 0.335 e. The van der Waals surface area contributed by atoms with E-state index in [4.69, 9.17) is 10.8 Å². The number of amides is 1. The number of carboxylic acids is 1. The third-order valence-corrected chi connectivity index (χ3v) is 3.59.